The molecule has 0 saturated heterocycles. The molecule has 1 aromatic rings. The number of hydrogen-bond donors (Lipinski definition) is 1. The predicted octanol–water partition coefficient (Wildman–Crippen LogP) is 0.855. The summed E-state index contributed by atoms with van der Waals surface area (Å²) < 4.78 is 3.56. The average molecular weight is 201 g/mol. The molecule has 0 aliphatic heterocycles. The molecule has 1 aromatic heterocycles. The maximum Gasteiger partial charge on any atom is 0.296 e. The Hall–Kier alpha value is -1.01. The number of nitrogens with zero attached hydrogens (tertiary/aromatic N) is 2. The number of hydrogen-bond acceptors (Lipinski definition) is 5. The molecule has 0 atom stereocenters. The fourth-order valence-corrected chi connectivity index (χ4v) is 1.03. The zero-order chi connectivity index (χ0) is 9.68. The third-order valence-corrected chi connectivity index (χ3v) is 1.68. The monoisotopic (exact) mass is 201 g/mol. The standard InChI is InChI=1S/C7H11N3O2S/c1-5(2)3-12-9-7(11)6-4-13-10-8-6/h4-5H,3H2,1-2H3,(H,9,11). The van der Waals surface area contributed by atoms with Crippen molar-refractivity contribution in [3.8, 4) is 0 Å². The second kappa shape index (κ2) is 4.88. The van der Waals surface area contributed by atoms with Crippen molar-refractivity contribution in [2.24, 2.45) is 5.92 Å². The summed E-state index contributed by atoms with van der Waals surface area (Å²) >= 11 is 1.13. The van der Waals surface area contributed by atoms with Crippen molar-refractivity contribution in [1.29, 1.82) is 0 Å². The molecule has 0 fully saturated rings. The van der Waals surface area contributed by atoms with Crippen LogP contribution in [0, 0.1) is 5.92 Å². The number of aromatic nitrogens is 2. The Balaban J connectivity index is 2.27. The fraction of sp³-hybridized carbons (Fsp3) is 0.571. The van der Waals surface area contributed by atoms with Crippen LogP contribution in [0.15, 0.2) is 5.38 Å². The molecular weight excluding hydrogens is 190 g/mol. The van der Waals surface area contributed by atoms with E-state index in [0.29, 0.717) is 12.5 Å². The highest BCUT2D eigenvalue weighted by atomic mass is 32.1. The topological polar surface area (TPSA) is 64.1 Å². The SMILES string of the molecule is CC(C)CONC(=O)c1csnn1. The van der Waals surface area contributed by atoms with Crippen LogP contribution in [-0.2, 0) is 4.84 Å². The molecule has 5 nitrogen and oxygen atoms in total. The molecule has 6 heteroatoms. The number of rotatable bonds is 4. The lowest BCUT2D eigenvalue weighted by Gasteiger charge is -2.05. The Kier molecular flexibility index (Phi) is 3.78. The Labute approximate surface area is 80.2 Å². The van der Waals surface area contributed by atoms with Crippen LogP contribution in [0.4, 0.5) is 0 Å². The van der Waals surface area contributed by atoms with Crippen LogP contribution < -0.4 is 5.48 Å². The van der Waals surface area contributed by atoms with E-state index in [9.17, 15) is 4.79 Å². The lowest BCUT2D eigenvalue weighted by atomic mass is 10.2. The highest BCUT2D eigenvalue weighted by molar-refractivity contribution is 7.03. The first-order valence-electron chi connectivity index (χ1n) is 3.89. The van der Waals surface area contributed by atoms with Gasteiger partial charge >= 0.3 is 0 Å². The van der Waals surface area contributed by atoms with Gasteiger partial charge in [-0.3, -0.25) is 9.63 Å². The molecule has 0 unspecified atom stereocenters. The molecule has 1 heterocycles. The Morgan fingerprint density at radius 3 is 3.08 bits per heavy atom. The van der Waals surface area contributed by atoms with E-state index in [2.05, 4.69) is 15.1 Å². The molecule has 0 spiro atoms. The summed E-state index contributed by atoms with van der Waals surface area (Å²) in [5.41, 5.74) is 2.57. The van der Waals surface area contributed by atoms with Gasteiger partial charge in [-0.2, -0.15) is 0 Å². The van der Waals surface area contributed by atoms with E-state index in [0.717, 1.165) is 11.5 Å². The third-order valence-electron chi connectivity index (χ3n) is 1.17. The van der Waals surface area contributed by atoms with Crippen molar-refractivity contribution in [3.63, 3.8) is 0 Å². The highest BCUT2D eigenvalue weighted by Gasteiger charge is 2.07. The molecule has 1 N–H and O–H groups in total. The number of amides is 1. The van der Waals surface area contributed by atoms with Crippen molar-refractivity contribution < 1.29 is 9.63 Å². The number of carbonyl (C=O) groups excluding carboxylic acids is 1. The molecule has 1 rings (SSSR count). The minimum absolute atomic E-state index is 0.286. The van der Waals surface area contributed by atoms with Crippen molar-refractivity contribution in [2.75, 3.05) is 6.61 Å². The van der Waals surface area contributed by atoms with Crippen LogP contribution in [0.1, 0.15) is 24.3 Å². The molecule has 72 valence electrons. The van der Waals surface area contributed by atoms with Gasteiger partial charge in [-0.25, -0.2) is 5.48 Å². The quantitative estimate of drug-likeness (QED) is 0.734. The largest absolute Gasteiger partial charge is 0.296 e. The zero-order valence-electron chi connectivity index (χ0n) is 7.48. The minimum atomic E-state index is -0.352. The van der Waals surface area contributed by atoms with Crippen LogP contribution in [0.2, 0.25) is 0 Å². The summed E-state index contributed by atoms with van der Waals surface area (Å²) in [5.74, 6) is 0.0308. The maximum absolute atomic E-state index is 11.2. The summed E-state index contributed by atoms with van der Waals surface area (Å²) in [5, 5.41) is 5.15. The van der Waals surface area contributed by atoms with Gasteiger partial charge in [0.05, 0.1) is 6.61 Å². The Bertz CT molecular complexity index is 261. The fourth-order valence-electron chi connectivity index (χ4n) is 0.590. The molecule has 13 heavy (non-hydrogen) atoms. The van der Waals surface area contributed by atoms with E-state index in [1.807, 2.05) is 13.8 Å². The van der Waals surface area contributed by atoms with E-state index >= 15 is 0 Å². The number of nitrogens with one attached hydrogen (secondary N) is 1. The lowest BCUT2D eigenvalue weighted by Crippen LogP contribution is -2.25. The van der Waals surface area contributed by atoms with E-state index < -0.39 is 0 Å². The Morgan fingerprint density at radius 1 is 1.77 bits per heavy atom. The van der Waals surface area contributed by atoms with Crippen LogP contribution in [0.5, 0.6) is 0 Å². The smallest absolute Gasteiger partial charge is 0.273 e. The Morgan fingerprint density at radius 2 is 2.54 bits per heavy atom. The van der Waals surface area contributed by atoms with Crippen molar-refractivity contribution in [2.45, 2.75) is 13.8 Å². The van der Waals surface area contributed by atoms with Gasteiger partial charge in [-0.1, -0.05) is 18.3 Å². The van der Waals surface area contributed by atoms with Gasteiger partial charge in [-0.15, -0.1) is 5.10 Å². The van der Waals surface area contributed by atoms with Crippen LogP contribution in [-0.4, -0.2) is 22.1 Å². The van der Waals surface area contributed by atoms with Gasteiger partial charge in [0.15, 0.2) is 5.69 Å². The van der Waals surface area contributed by atoms with Crippen LogP contribution in [0.3, 0.4) is 0 Å². The van der Waals surface area contributed by atoms with Crippen molar-refractivity contribution >= 4 is 17.4 Å². The molecule has 0 aromatic carbocycles. The predicted molar refractivity (Wildman–Crippen MR) is 48.2 cm³/mol. The second-order valence-corrected chi connectivity index (χ2v) is 3.54. The van der Waals surface area contributed by atoms with Gasteiger partial charge in [0.25, 0.3) is 5.91 Å². The first kappa shape index (κ1) is 10.1. The molecule has 1 amide bonds. The first-order chi connectivity index (χ1) is 6.20. The molecule has 0 saturated carbocycles. The average Bonchev–Trinajstić information content (AvgIpc) is 2.55. The molecule has 0 radical (unpaired) electrons. The second-order valence-electron chi connectivity index (χ2n) is 2.93. The summed E-state index contributed by atoms with van der Waals surface area (Å²) in [6.45, 7) is 4.48. The molecule has 0 aliphatic rings. The maximum atomic E-state index is 11.2. The van der Waals surface area contributed by atoms with E-state index in [1.165, 1.54) is 0 Å². The zero-order valence-corrected chi connectivity index (χ0v) is 8.30. The summed E-state index contributed by atoms with van der Waals surface area (Å²) in [6, 6.07) is 0. The normalized spacial score (nSPS) is 10.4. The molecule has 0 bridgehead atoms. The van der Waals surface area contributed by atoms with Gasteiger partial charge in [0.2, 0.25) is 0 Å². The highest BCUT2D eigenvalue weighted by Crippen LogP contribution is 1.96. The number of carbonyl (C=O) groups is 1. The van der Waals surface area contributed by atoms with E-state index in [1.54, 1.807) is 5.38 Å². The van der Waals surface area contributed by atoms with E-state index in [-0.39, 0.29) is 11.6 Å². The van der Waals surface area contributed by atoms with Gasteiger partial charge in [0.1, 0.15) is 0 Å². The first-order valence-corrected chi connectivity index (χ1v) is 4.73. The summed E-state index contributed by atoms with van der Waals surface area (Å²) in [7, 11) is 0. The molecule has 0 aliphatic carbocycles. The van der Waals surface area contributed by atoms with E-state index in [4.69, 9.17) is 4.84 Å². The molecular formula is C7H11N3O2S. The van der Waals surface area contributed by atoms with Gasteiger partial charge in [0, 0.05) is 5.38 Å². The van der Waals surface area contributed by atoms with Crippen LogP contribution in [0.25, 0.3) is 0 Å². The third kappa shape index (κ3) is 3.47. The van der Waals surface area contributed by atoms with Crippen molar-refractivity contribution in [3.05, 3.63) is 11.1 Å². The van der Waals surface area contributed by atoms with Gasteiger partial charge < -0.3 is 0 Å². The van der Waals surface area contributed by atoms with Crippen molar-refractivity contribution in [1.82, 2.24) is 15.1 Å². The van der Waals surface area contributed by atoms with Gasteiger partial charge in [-0.05, 0) is 17.5 Å². The van der Waals surface area contributed by atoms with Crippen LogP contribution >= 0.6 is 11.5 Å². The summed E-state index contributed by atoms with van der Waals surface area (Å²) in [4.78, 5) is 16.1. The summed E-state index contributed by atoms with van der Waals surface area (Å²) in [6.07, 6.45) is 0. The lowest BCUT2D eigenvalue weighted by molar-refractivity contribution is 0.0205. The minimum Gasteiger partial charge on any atom is -0.273 e. The number of hydroxylamine groups is 1.